The highest BCUT2D eigenvalue weighted by Crippen LogP contribution is 2.33. The van der Waals surface area contributed by atoms with Crippen LogP contribution in [-0.4, -0.2) is 0 Å². The number of para-hydroxylation sites is 1. The van der Waals surface area contributed by atoms with Crippen LogP contribution in [0.4, 0.5) is 0 Å². The molecule has 3 rings (SSSR count). The standard InChI is InChI=1S/C20H24NOS/c1-6-21-17-9-7-8-10-18(17)23-19(21)13-16-12-15(20(3,4)5)11-14(2)22-16/h7-13H,6H2,1-5H3/q+1/b16-13-. The molecule has 0 N–H and O–H groups in total. The largest absolute Gasteiger partial charge is 0.462 e. The van der Waals surface area contributed by atoms with E-state index < -0.39 is 0 Å². The zero-order valence-corrected chi connectivity index (χ0v) is 15.3. The smallest absolute Gasteiger partial charge is 0.266 e. The van der Waals surface area contributed by atoms with E-state index in [2.05, 4.69) is 74.8 Å². The summed E-state index contributed by atoms with van der Waals surface area (Å²) in [6.07, 6.45) is 6.46. The van der Waals surface area contributed by atoms with Gasteiger partial charge in [0.25, 0.3) is 5.01 Å². The second-order valence-corrected chi connectivity index (χ2v) is 7.97. The zero-order chi connectivity index (χ0) is 16.6. The molecule has 2 heterocycles. The molecule has 0 aliphatic carbocycles. The first-order chi connectivity index (χ1) is 10.9. The topological polar surface area (TPSA) is 13.1 Å². The lowest BCUT2D eigenvalue weighted by Crippen LogP contribution is -2.33. The first-order valence-electron chi connectivity index (χ1n) is 8.10. The lowest BCUT2D eigenvalue weighted by Gasteiger charge is -2.24. The van der Waals surface area contributed by atoms with Gasteiger partial charge in [-0.1, -0.05) is 44.2 Å². The van der Waals surface area contributed by atoms with E-state index in [1.807, 2.05) is 18.3 Å². The Hall–Kier alpha value is -1.87. The molecule has 0 bridgehead atoms. The summed E-state index contributed by atoms with van der Waals surface area (Å²) in [6, 6.07) is 8.55. The molecule has 3 heteroatoms. The SMILES string of the molecule is CC[n+]1c(/C=C2/C=C(C(C)(C)C)C=C(C)O2)sc2ccccc21. The van der Waals surface area contributed by atoms with E-state index in [1.165, 1.54) is 20.8 Å². The van der Waals surface area contributed by atoms with E-state index in [4.69, 9.17) is 4.74 Å². The molecule has 0 spiro atoms. The number of rotatable bonds is 2. The lowest BCUT2D eigenvalue weighted by atomic mass is 9.85. The summed E-state index contributed by atoms with van der Waals surface area (Å²) < 4.78 is 9.60. The quantitative estimate of drug-likeness (QED) is 0.668. The van der Waals surface area contributed by atoms with Crippen LogP contribution in [0.3, 0.4) is 0 Å². The number of ether oxygens (including phenoxy) is 1. The number of hydrogen-bond donors (Lipinski definition) is 0. The molecule has 2 nitrogen and oxygen atoms in total. The van der Waals surface area contributed by atoms with Gasteiger partial charge in [0.15, 0.2) is 0 Å². The third-order valence-corrected chi connectivity index (χ3v) is 5.13. The maximum atomic E-state index is 5.95. The Morgan fingerprint density at radius 2 is 1.91 bits per heavy atom. The van der Waals surface area contributed by atoms with Gasteiger partial charge in [0.2, 0.25) is 5.52 Å². The van der Waals surface area contributed by atoms with Crippen LogP contribution >= 0.6 is 11.3 Å². The third kappa shape index (κ3) is 3.25. The molecular formula is C20H24NOS+. The van der Waals surface area contributed by atoms with Crippen molar-refractivity contribution in [2.75, 3.05) is 0 Å². The summed E-state index contributed by atoms with van der Waals surface area (Å²) in [5.41, 5.74) is 2.71. The number of thiazole rings is 1. The van der Waals surface area contributed by atoms with Crippen LogP contribution in [0.1, 0.15) is 39.6 Å². The normalized spacial score (nSPS) is 17.2. The van der Waals surface area contributed by atoms with Crippen LogP contribution in [0.25, 0.3) is 16.3 Å². The summed E-state index contributed by atoms with van der Waals surface area (Å²) in [6.45, 7) is 11.9. The van der Waals surface area contributed by atoms with Crippen LogP contribution < -0.4 is 4.57 Å². The van der Waals surface area contributed by atoms with E-state index in [-0.39, 0.29) is 5.41 Å². The van der Waals surface area contributed by atoms with Crippen molar-refractivity contribution in [3.8, 4) is 0 Å². The van der Waals surface area contributed by atoms with Gasteiger partial charge in [-0.3, -0.25) is 0 Å². The molecule has 23 heavy (non-hydrogen) atoms. The second-order valence-electron chi connectivity index (χ2n) is 6.91. The fourth-order valence-electron chi connectivity index (χ4n) is 2.77. The Labute approximate surface area is 142 Å². The van der Waals surface area contributed by atoms with Gasteiger partial charge in [0.05, 0.1) is 6.08 Å². The van der Waals surface area contributed by atoms with E-state index >= 15 is 0 Å². The molecule has 120 valence electrons. The average Bonchev–Trinajstić information content (AvgIpc) is 2.82. The fourth-order valence-corrected chi connectivity index (χ4v) is 3.94. The van der Waals surface area contributed by atoms with Crippen molar-refractivity contribution in [3.63, 3.8) is 0 Å². The monoisotopic (exact) mass is 326 g/mol. The minimum Gasteiger partial charge on any atom is -0.462 e. The first kappa shape index (κ1) is 16.0. The summed E-state index contributed by atoms with van der Waals surface area (Å²) in [4.78, 5) is 0. The molecule has 1 aromatic carbocycles. The van der Waals surface area contributed by atoms with Crippen LogP contribution in [0.15, 0.2) is 53.5 Å². The molecule has 0 saturated carbocycles. The molecule has 1 aliphatic rings. The third-order valence-electron chi connectivity index (χ3n) is 4.02. The molecule has 2 aromatic rings. The van der Waals surface area contributed by atoms with Crippen molar-refractivity contribution in [2.45, 2.75) is 41.2 Å². The average molecular weight is 326 g/mol. The van der Waals surface area contributed by atoms with Crippen LogP contribution in [0.5, 0.6) is 0 Å². The van der Waals surface area contributed by atoms with Crippen LogP contribution in [0, 0.1) is 5.41 Å². The number of benzene rings is 1. The number of aromatic nitrogens is 1. The first-order valence-corrected chi connectivity index (χ1v) is 8.91. The van der Waals surface area contributed by atoms with Gasteiger partial charge in [-0.25, -0.2) is 0 Å². The van der Waals surface area contributed by atoms with Crippen molar-refractivity contribution in [3.05, 3.63) is 58.5 Å². The highest BCUT2D eigenvalue weighted by atomic mass is 32.1. The number of nitrogens with zero attached hydrogens (tertiary/aromatic N) is 1. The molecule has 0 saturated heterocycles. The van der Waals surface area contributed by atoms with Gasteiger partial charge >= 0.3 is 0 Å². The molecule has 1 aromatic heterocycles. The Morgan fingerprint density at radius 3 is 2.61 bits per heavy atom. The molecule has 0 radical (unpaired) electrons. The van der Waals surface area contributed by atoms with Crippen molar-refractivity contribution < 1.29 is 9.30 Å². The maximum absolute atomic E-state index is 5.95. The van der Waals surface area contributed by atoms with Gasteiger partial charge in [0.1, 0.15) is 22.8 Å². The highest BCUT2D eigenvalue weighted by molar-refractivity contribution is 7.18. The summed E-state index contributed by atoms with van der Waals surface area (Å²) >= 11 is 1.81. The van der Waals surface area contributed by atoms with E-state index in [0.29, 0.717) is 0 Å². The van der Waals surface area contributed by atoms with E-state index in [1.54, 1.807) is 0 Å². The van der Waals surface area contributed by atoms with Crippen molar-refractivity contribution >= 4 is 27.6 Å². The molecule has 1 aliphatic heterocycles. The lowest BCUT2D eigenvalue weighted by molar-refractivity contribution is -0.665. The zero-order valence-electron chi connectivity index (χ0n) is 14.5. The Bertz CT molecular complexity index is 831. The molecular weight excluding hydrogens is 302 g/mol. The van der Waals surface area contributed by atoms with Crippen LogP contribution in [-0.2, 0) is 11.3 Å². The van der Waals surface area contributed by atoms with Gasteiger partial charge in [-0.15, -0.1) is 0 Å². The molecule has 0 fully saturated rings. The van der Waals surface area contributed by atoms with E-state index in [0.717, 1.165) is 18.1 Å². The van der Waals surface area contributed by atoms with Gasteiger partial charge in [0, 0.05) is 6.07 Å². The number of hydrogen-bond acceptors (Lipinski definition) is 2. The number of aryl methyl sites for hydroxylation is 1. The van der Waals surface area contributed by atoms with Gasteiger partial charge in [-0.2, -0.15) is 4.57 Å². The van der Waals surface area contributed by atoms with Crippen molar-refractivity contribution in [1.82, 2.24) is 0 Å². The summed E-state index contributed by atoms with van der Waals surface area (Å²) in [5.74, 6) is 1.87. The van der Waals surface area contributed by atoms with Crippen molar-refractivity contribution in [2.24, 2.45) is 5.41 Å². The van der Waals surface area contributed by atoms with Crippen molar-refractivity contribution in [1.29, 1.82) is 0 Å². The molecule has 0 atom stereocenters. The number of allylic oxidation sites excluding steroid dienone is 4. The highest BCUT2D eigenvalue weighted by Gasteiger charge is 2.22. The maximum Gasteiger partial charge on any atom is 0.266 e. The number of fused-ring (bicyclic) bond motifs is 1. The Kier molecular flexibility index (Phi) is 4.15. The second kappa shape index (κ2) is 5.97. The Balaban J connectivity index is 2.08. The predicted octanol–water partition coefficient (Wildman–Crippen LogP) is 5.46. The summed E-state index contributed by atoms with van der Waals surface area (Å²) in [5, 5.41) is 1.22. The van der Waals surface area contributed by atoms with Crippen LogP contribution in [0.2, 0.25) is 0 Å². The van der Waals surface area contributed by atoms with Gasteiger partial charge in [-0.05, 0) is 43.1 Å². The molecule has 0 unspecified atom stereocenters. The fraction of sp³-hybridized carbons (Fsp3) is 0.350. The molecule has 0 amide bonds. The minimum atomic E-state index is 0.116. The van der Waals surface area contributed by atoms with E-state index in [9.17, 15) is 0 Å². The minimum absolute atomic E-state index is 0.116. The Morgan fingerprint density at radius 1 is 1.17 bits per heavy atom. The summed E-state index contributed by atoms with van der Waals surface area (Å²) in [7, 11) is 0. The predicted molar refractivity (Wildman–Crippen MR) is 98.1 cm³/mol. The van der Waals surface area contributed by atoms with Gasteiger partial charge < -0.3 is 4.74 Å².